The standard InChI is InChI=1S/C23H30N6O2.C18H22N6/c1-6-7-16-12-17(8-9-18(16)13-25-22(30)31-23(2,3)4)20-10-11-24-21(28-20)27-19-14-26-29(5)15-19;1-3-4-13-9-14(5-6-15(13)10-19)17-7-8-20-18(23-17)22-16-11-21-24(2)12-16/h8-12,14-15H,6-7,13H2,1-5H3,(H,25,30)(H,24,27,28);5-9,11-12H,3-4,10,19H2,1-2H3,(H,20,22,23). The number of nitrogens with zero attached hydrogens (tertiary/aromatic N) is 8. The lowest BCUT2D eigenvalue weighted by molar-refractivity contribution is 0.0523. The van der Waals surface area contributed by atoms with E-state index in [9.17, 15) is 4.79 Å². The maximum absolute atomic E-state index is 12.0. The average Bonchev–Trinajstić information content (AvgIpc) is 3.77. The zero-order valence-corrected chi connectivity index (χ0v) is 32.8. The van der Waals surface area contributed by atoms with Crippen molar-refractivity contribution in [3.63, 3.8) is 0 Å². The van der Waals surface area contributed by atoms with Gasteiger partial charge in [-0.15, -0.1) is 0 Å². The molecule has 4 aromatic heterocycles. The smallest absolute Gasteiger partial charge is 0.407 e. The minimum atomic E-state index is -0.519. The van der Waals surface area contributed by atoms with Crippen molar-refractivity contribution in [2.24, 2.45) is 19.8 Å². The summed E-state index contributed by atoms with van der Waals surface area (Å²) in [4.78, 5) is 29.9. The highest BCUT2D eigenvalue weighted by Crippen LogP contribution is 2.25. The number of carbonyl (C=O) groups is 1. The molecule has 1 amide bonds. The number of aryl methyl sites for hydroxylation is 4. The third kappa shape index (κ3) is 11.9. The van der Waals surface area contributed by atoms with Gasteiger partial charge in [-0.05, 0) is 80.1 Å². The number of amides is 1. The zero-order valence-electron chi connectivity index (χ0n) is 32.8. The van der Waals surface area contributed by atoms with Gasteiger partial charge < -0.3 is 26.4 Å². The molecule has 0 saturated heterocycles. The predicted octanol–water partition coefficient (Wildman–Crippen LogP) is 7.63. The van der Waals surface area contributed by atoms with Crippen LogP contribution in [0.5, 0.6) is 0 Å². The number of rotatable bonds is 13. The fourth-order valence-electron chi connectivity index (χ4n) is 5.82. The van der Waals surface area contributed by atoms with Crippen LogP contribution in [-0.4, -0.2) is 51.2 Å². The molecule has 0 radical (unpaired) electrons. The van der Waals surface area contributed by atoms with E-state index < -0.39 is 11.7 Å². The number of benzene rings is 2. The van der Waals surface area contributed by atoms with E-state index >= 15 is 0 Å². The largest absolute Gasteiger partial charge is 0.444 e. The van der Waals surface area contributed by atoms with E-state index in [0.717, 1.165) is 65.1 Å². The molecule has 0 fully saturated rings. The Labute approximate surface area is 323 Å². The van der Waals surface area contributed by atoms with Crippen LogP contribution in [0.2, 0.25) is 0 Å². The van der Waals surface area contributed by atoms with Crippen LogP contribution in [0, 0.1) is 0 Å². The highest BCUT2D eigenvalue weighted by atomic mass is 16.6. The van der Waals surface area contributed by atoms with Gasteiger partial charge in [0.05, 0.1) is 35.2 Å². The molecule has 0 unspecified atom stereocenters. The fourth-order valence-corrected chi connectivity index (χ4v) is 5.82. The molecule has 6 aromatic rings. The van der Waals surface area contributed by atoms with Crippen LogP contribution in [-0.2, 0) is 44.8 Å². The number of nitrogens with one attached hydrogen (secondary N) is 3. The summed E-state index contributed by atoms with van der Waals surface area (Å²) in [6.07, 6.45) is 14.3. The van der Waals surface area contributed by atoms with Gasteiger partial charge in [0, 0.05) is 63.1 Å². The summed E-state index contributed by atoms with van der Waals surface area (Å²) in [5, 5.41) is 17.5. The van der Waals surface area contributed by atoms with Crippen LogP contribution in [0.3, 0.4) is 0 Å². The van der Waals surface area contributed by atoms with Crippen LogP contribution in [0.1, 0.15) is 69.7 Å². The van der Waals surface area contributed by atoms with Gasteiger partial charge in [-0.25, -0.2) is 24.7 Å². The van der Waals surface area contributed by atoms with Gasteiger partial charge in [0.2, 0.25) is 11.9 Å². The van der Waals surface area contributed by atoms with Crippen molar-refractivity contribution in [3.8, 4) is 22.5 Å². The van der Waals surface area contributed by atoms with Gasteiger partial charge in [0.1, 0.15) is 5.60 Å². The lowest BCUT2D eigenvalue weighted by Crippen LogP contribution is -2.32. The number of hydrogen-bond acceptors (Lipinski definition) is 11. The van der Waals surface area contributed by atoms with Gasteiger partial charge in [-0.1, -0.05) is 51.0 Å². The Hall–Kier alpha value is -6.15. The van der Waals surface area contributed by atoms with Gasteiger partial charge in [-0.3, -0.25) is 9.36 Å². The van der Waals surface area contributed by atoms with E-state index in [1.54, 1.807) is 34.2 Å². The summed E-state index contributed by atoms with van der Waals surface area (Å²) >= 11 is 0. The molecular weight excluding hydrogens is 693 g/mol. The Morgan fingerprint density at radius 1 is 0.727 bits per heavy atom. The molecule has 0 aliphatic heterocycles. The summed E-state index contributed by atoms with van der Waals surface area (Å²) in [6, 6.07) is 16.3. The number of alkyl carbamates (subject to hydrolysis) is 1. The minimum Gasteiger partial charge on any atom is -0.444 e. The molecule has 6 rings (SSSR count). The number of anilines is 4. The number of nitrogens with two attached hydrogens (primary N) is 1. The second kappa shape index (κ2) is 18.7. The third-order valence-corrected chi connectivity index (χ3v) is 8.32. The van der Waals surface area contributed by atoms with Crippen LogP contribution in [0.4, 0.5) is 28.1 Å². The Bertz CT molecular complexity index is 2170. The molecular formula is C41H52N12O2. The molecule has 4 heterocycles. The summed E-state index contributed by atoms with van der Waals surface area (Å²) in [6.45, 7) is 10.8. The molecule has 0 aliphatic carbocycles. The molecule has 0 aliphatic rings. The van der Waals surface area contributed by atoms with E-state index in [1.807, 2.05) is 71.5 Å². The Morgan fingerprint density at radius 3 is 1.65 bits per heavy atom. The maximum atomic E-state index is 12.0. The van der Waals surface area contributed by atoms with Crippen molar-refractivity contribution in [3.05, 3.63) is 108 Å². The number of aromatic nitrogens is 8. The van der Waals surface area contributed by atoms with Crippen LogP contribution >= 0.6 is 0 Å². The van der Waals surface area contributed by atoms with Crippen molar-refractivity contribution >= 4 is 29.4 Å². The van der Waals surface area contributed by atoms with E-state index in [1.165, 1.54) is 16.7 Å². The molecule has 14 heteroatoms. The molecule has 2 aromatic carbocycles. The molecule has 0 bridgehead atoms. The molecule has 0 atom stereocenters. The van der Waals surface area contributed by atoms with Crippen molar-refractivity contribution in [2.75, 3.05) is 10.6 Å². The van der Waals surface area contributed by atoms with Crippen LogP contribution < -0.4 is 21.7 Å². The lowest BCUT2D eigenvalue weighted by Gasteiger charge is -2.20. The Morgan fingerprint density at radius 2 is 1.22 bits per heavy atom. The minimum absolute atomic E-state index is 0.416. The number of hydrogen-bond donors (Lipinski definition) is 4. The quantitative estimate of drug-likeness (QED) is 0.0915. The van der Waals surface area contributed by atoms with Gasteiger partial charge >= 0.3 is 6.09 Å². The average molecular weight is 745 g/mol. The van der Waals surface area contributed by atoms with Crippen molar-refractivity contribution in [2.45, 2.75) is 79.0 Å². The summed E-state index contributed by atoms with van der Waals surface area (Å²) in [7, 11) is 3.73. The normalized spacial score (nSPS) is 11.1. The molecule has 0 saturated carbocycles. The molecule has 14 nitrogen and oxygen atoms in total. The van der Waals surface area contributed by atoms with Gasteiger partial charge in [0.25, 0.3) is 0 Å². The first kappa shape index (κ1) is 40.0. The fraction of sp³-hybridized carbons (Fsp3) is 0.341. The first-order valence-corrected chi connectivity index (χ1v) is 18.5. The topological polar surface area (TPSA) is 176 Å². The van der Waals surface area contributed by atoms with E-state index in [2.05, 4.69) is 84.2 Å². The van der Waals surface area contributed by atoms with E-state index in [4.69, 9.17) is 10.5 Å². The van der Waals surface area contributed by atoms with Crippen molar-refractivity contribution in [1.82, 2.24) is 44.8 Å². The second-order valence-electron chi connectivity index (χ2n) is 14.1. The highest BCUT2D eigenvalue weighted by Gasteiger charge is 2.16. The zero-order chi connectivity index (χ0) is 39.4. The van der Waals surface area contributed by atoms with Crippen LogP contribution in [0.15, 0.2) is 85.7 Å². The molecule has 0 spiro atoms. The van der Waals surface area contributed by atoms with Crippen LogP contribution in [0.25, 0.3) is 22.5 Å². The van der Waals surface area contributed by atoms with Gasteiger partial charge in [-0.2, -0.15) is 10.2 Å². The van der Waals surface area contributed by atoms with Crippen molar-refractivity contribution < 1.29 is 9.53 Å². The second-order valence-corrected chi connectivity index (χ2v) is 14.1. The summed E-state index contributed by atoms with van der Waals surface area (Å²) in [5.41, 5.74) is 15.5. The van der Waals surface area contributed by atoms with E-state index in [0.29, 0.717) is 25.0 Å². The first-order chi connectivity index (χ1) is 26.4. The van der Waals surface area contributed by atoms with Gasteiger partial charge in [0.15, 0.2) is 0 Å². The SMILES string of the molecule is CCCc1cc(-c2ccnc(Nc3cnn(C)c3)n2)ccc1CN.CCCc1cc(-c2ccnc(Nc3cnn(C)c3)n2)ccc1CNC(=O)OC(C)(C)C. The summed E-state index contributed by atoms with van der Waals surface area (Å²) < 4.78 is 8.78. The molecule has 5 N–H and O–H groups in total. The third-order valence-electron chi connectivity index (χ3n) is 8.32. The van der Waals surface area contributed by atoms with E-state index in [-0.39, 0.29) is 0 Å². The maximum Gasteiger partial charge on any atom is 0.407 e. The predicted molar refractivity (Wildman–Crippen MR) is 217 cm³/mol. The highest BCUT2D eigenvalue weighted by molar-refractivity contribution is 5.68. The number of ether oxygens (including phenoxy) is 1. The first-order valence-electron chi connectivity index (χ1n) is 18.5. The molecule has 55 heavy (non-hydrogen) atoms. The Balaban J connectivity index is 0.000000218. The lowest BCUT2D eigenvalue weighted by atomic mass is 9.98. The van der Waals surface area contributed by atoms with Crippen molar-refractivity contribution in [1.29, 1.82) is 0 Å². The number of carbonyl (C=O) groups excluding carboxylic acids is 1. The molecule has 288 valence electrons. The summed E-state index contributed by atoms with van der Waals surface area (Å²) in [5.74, 6) is 1.07. The monoisotopic (exact) mass is 744 g/mol. The Kier molecular flexibility index (Phi) is 13.6.